The highest BCUT2D eigenvalue weighted by molar-refractivity contribution is 9.10. The maximum atomic E-state index is 13.3. The predicted molar refractivity (Wildman–Crippen MR) is 137 cm³/mol. The molecule has 1 N–H and O–H groups in total. The number of aryl methyl sites for hydroxylation is 1. The normalized spacial score (nSPS) is 14.8. The number of halogens is 2. The van der Waals surface area contributed by atoms with Crippen LogP contribution in [0, 0.1) is 6.92 Å². The molecule has 178 valence electrons. The van der Waals surface area contributed by atoms with Crippen LogP contribution in [0.2, 0.25) is 5.02 Å². The van der Waals surface area contributed by atoms with E-state index in [0.717, 1.165) is 20.5 Å². The third-order valence-corrected chi connectivity index (χ3v) is 6.56. The zero-order chi connectivity index (χ0) is 25.1. The van der Waals surface area contributed by atoms with Crippen molar-refractivity contribution in [3.8, 4) is 11.5 Å². The van der Waals surface area contributed by atoms with Gasteiger partial charge in [0.15, 0.2) is 0 Å². The second kappa shape index (κ2) is 10.3. The first-order valence-electron chi connectivity index (χ1n) is 10.5. The number of carbonyl (C=O) groups is 3. The van der Waals surface area contributed by atoms with Crippen molar-refractivity contribution < 1.29 is 23.9 Å². The summed E-state index contributed by atoms with van der Waals surface area (Å²) in [5.74, 6) is -0.636. The van der Waals surface area contributed by atoms with Crippen molar-refractivity contribution in [1.82, 2.24) is 5.32 Å². The van der Waals surface area contributed by atoms with Crippen molar-refractivity contribution in [1.29, 1.82) is 0 Å². The fourth-order valence-corrected chi connectivity index (χ4v) is 4.00. The number of urea groups is 1. The Kier molecular flexibility index (Phi) is 7.23. The van der Waals surface area contributed by atoms with Crippen LogP contribution in [0.25, 0.3) is 6.08 Å². The average Bonchev–Trinajstić information content (AvgIpc) is 2.83. The number of benzene rings is 3. The molecule has 7 nitrogen and oxygen atoms in total. The number of barbiturate groups is 1. The smallest absolute Gasteiger partial charge is 0.335 e. The van der Waals surface area contributed by atoms with Gasteiger partial charge >= 0.3 is 6.03 Å². The van der Waals surface area contributed by atoms with Crippen LogP contribution in [-0.2, 0) is 16.2 Å². The quantitative estimate of drug-likeness (QED) is 0.313. The van der Waals surface area contributed by atoms with E-state index in [2.05, 4.69) is 21.2 Å². The minimum absolute atomic E-state index is 0.225. The molecule has 0 radical (unpaired) electrons. The third kappa shape index (κ3) is 5.23. The van der Waals surface area contributed by atoms with E-state index in [9.17, 15) is 14.4 Å². The third-order valence-electron chi connectivity index (χ3n) is 5.38. The Morgan fingerprint density at radius 2 is 1.83 bits per heavy atom. The van der Waals surface area contributed by atoms with E-state index in [4.69, 9.17) is 21.1 Å². The molecule has 35 heavy (non-hydrogen) atoms. The molecule has 0 bridgehead atoms. The van der Waals surface area contributed by atoms with E-state index in [1.165, 1.54) is 19.3 Å². The van der Waals surface area contributed by atoms with Crippen LogP contribution in [0.1, 0.15) is 16.7 Å². The lowest BCUT2D eigenvalue weighted by atomic mass is 10.1. The van der Waals surface area contributed by atoms with Crippen molar-refractivity contribution >= 4 is 57.1 Å². The van der Waals surface area contributed by atoms with Crippen LogP contribution in [0.5, 0.6) is 11.5 Å². The van der Waals surface area contributed by atoms with Crippen molar-refractivity contribution in [2.24, 2.45) is 0 Å². The Morgan fingerprint density at radius 3 is 2.54 bits per heavy atom. The summed E-state index contributed by atoms with van der Waals surface area (Å²) < 4.78 is 12.2. The number of nitrogens with one attached hydrogen (secondary N) is 1. The van der Waals surface area contributed by atoms with Crippen LogP contribution >= 0.6 is 27.5 Å². The maximum Gasteiger partial charge on any atom is 0.335 e. The average molecular weight is 556 g/mol. The number of hydrogen-bond donors (Lipinski definition) is 1. The molecule has 1 aliphatic rings. The summed E-state index contributed by atoms with van der Waals surface area (Å²) in [6.07, 6.45) is 1.39. The summed E-state index contributed by atoms with van der Waals surface area (Å²) >= 11 is 9.68. The first-order valence-corrected chi connectivity index (χ1v) is 11.7. The van der Waals surface area contributed by atoms with Crippen LogP contribution in [0.3, 0.4) is 0 Å². The monoisotopic (exact) mass is 554 g/mol. The first-order chi connectivity index (χ1) is 16.8. The number of ether oxygens (including phenoxy) is 2. The van der Waals surface area contributed by atoms with Gasteiger partial charge in [-0.1, -0.05) is 51.8 Å². The van der Waals surface area contributed by atoms with Gasteiger partial charge in [-0.3, -0.25) is 14.9 Å². The summed E-state index contributed by atoms with van der Waals surface area (Å²) in [6.45, 7) is 2.04. The number of nitrogens with zero attached hydrogens (tertiary/aromatic N) is 1. The summed E-state index contributed by atoms with van der Waals surface area (Å²) in [5.41, 5.74) is 2.19. The predicted octanol–water partition coefficient (Wildman–Crippen LogP) is 5.66. The van der Waals surface area contributed by atoms with Gasteiger partial charge in [0, 0.05) is 26.7 Å². The Balaban J connectivity index is 1.70. The fraction of sp³-hybridized carbons (Fsp3) is 0.115. The summed E-state index contributed by atoms with van der Waals surface area (Å²) in [6, 6.07) is 16.6. The van der Waals surface area contributed by atoms with Gasteiger partial charge in [-0.25, -0.2) is 9.69 Å². The Bertz CT molecular complexity index is 1370. The highest BCUT2D eigenvalue weighted by Gasteiger charge is 2.37. The van der Waals surface area contributed by atoms with E-state index >= 15 is 0 Å². The van der Waals surface area contributed by atoms with Gasteiger partial charge in [0.2, 0.25) is 0 Å². The second-order valence-corrected chi connectivity index (χ2v) is 8.94. The van der Waals surface area contributed by atoms with E-state index < -0.39 is 17.8 Å². The number of amides is 4. The second-order valence-electron chi connectivity index (χ2n) is 7.68. The van der Waals surface area contributed by atoms with Gasteiger partial charge in [0.1, 0.15) is 23.7 Å². The minimum Gasteiger partial charge on any atom is -0.497 e. The minimum atomic E-state index is -0.850. The summed E-state index contributed by atoms with van der Waals surface area (Å²) in [4.78, 5) is 39.3. The van der Waals surface area contributed by atoms with Crippen molar-refractivity contribution in [3.63, 3.8) is 0 Å². The molecule has 3 aromatic carbocycles. The topological polar surface area (TPSA) is 84.9 Å². The molecule has 0 aliphatic carbocycles. The van der Waals surface area contributed by atoms with Crippen molar-refractivity contribution in [3.05, 3.63) is 92.4 Å². The van der Waals surface area contributed by atoms with E-state index in [1.54, 1.807) is 37.3 Å². The highest BCUT2D eigenvalue weighted by Crippen LogP contribution is 2.31. The van der Waals surface area contributed by atoms with Gasteiger partial charge in [0.05, 0.1) is 12.8 Å². The zero-order valence-corrected chi connectivity index (χ0v) is 21.1. The number of anilines is 1. The van der Waals surface area contributed by atoms with E-state index in [-0.39, 0.29) is 17.9 Å². The van der Waals surface area contributed by atoms with E-state index in [1.807, 2.05) is 24.3 Å². The number of carbonyl (C=O) groups excluding carboxylic acids is 3. The molecule has 0 aromatic heterocycles. The Labute approximate surface area is 215 Å². The number of rotatable bonds is 6. The van der Waals surface area contributed by atoms with Crippen LogP contribution in [0.15, 0.2) is 70.7 Å². The molecular formula is C26H20BrClN2O5. The van der Waals surface area contributed by atoms with Gasteiger partial charge in [-0.2, -0.15) is 0 Å². The maximum absolute atomic E-state index is 13.3. The van der Waals surface area contributed by atoms with Gasteiger partial charge in [-0.05, 0) is 48.9 Å². The molecule has 1 fully saturated rings. The van der Waals surface area contributed by atoms with Gasteiger partial charge in [-0.15, -0.1) is 0 Å². The Morgan fingerprint density at radius 1 is 1.06 bits per heavy atom. The SMILES string of the molecule is COc1ccc(/C=C2\C(=O)NC(=O)N(c3ccc(C)c(Cl)c3)C2=O)c(OCc2ccccc2Br)c1. The molecule has 9 heteroatoms. The van der Waals surface area contributed by atoms with Gasteiger partial charge < -0.3 is 9.47 Å². The van der Waals surface area contributed by atoms with Crippen molar-refractivity contribution in [2.45, 2.75) is 13.5 Å². The number of imide groups is 2. The standard InChI is InChI=1S/C26H20BrClN2O5/c1-15-7-9-18(12-22(15)28)30-25(32)20(24(31)29-26(30)33)11-16-8-10-19(34-2)13-23(16)35-14-17-5-3-4-6-21(17)27/h3-13H,14H2,1-2H3,(H,29,31,33)/b20-11+. The molecular weight excluding hydrogens is 536 g/mol. The van der Waals surface area contributed by atoms with Crippen molar-refractivity contribution in [2.75, 3.05) is 12.0 Å². The number of hydrogen-bond acceptors (Lipinski definition) is 5. The lowest BCUT2D eigenvalue weighted by Crippen LogP contribution is -2.54. The summed E-state index contributed by atoms with van der Waals surface area (Å²) in [7, 11) is 1.53. The molecule has 1 saturated heterocycles. The molecule has 1 aliphatic heterocycles. The Hall–Kier alpha value is -3.62. The lowest BCUT2D eigenvalue weighted by Gasteiger charge is -2.26. The molecule has 0 atom stereocenters. The first kappa shape index (κ1) is 24.5. The van der Waals surface area contributed by atoms with Crippen LogP contribution in [-0.4, -0.2) is 25.0 Å². The molecule has 1 heterocycles. The molecule has 3 aromatic rings. The zero-order valence-electron chi connectivity index (χ0n) is 18.8. The lowest BCUT2D eigenvalue weighted by molar-refractivity contribution is -0.122. The highest BCUT2D eigenvalue weighted by atomic mass is 79.9. The van der Waals surface area contributed by atoms with E-state index in [0.29, 0.717) is 22.1 Å². The molecule has 0 saturated carbocycles. The fourth-order valence-electron chi connectivity index (χ4n) is 3.43. The number of methoxy groups -OCH3 is 1. The molecule has 0 spiro atoms. The molecule has 4 amide bonds. The van der Waals surface area contributed by atoms with Crippen LogP contribution < -0.4 is 19.7 Å². The summed E-state index contributed by atoms with van der Waals surface area (Å²) in [5, 5.41) is 2.61. The molecule has 4 rings (SSSR count). The van der Waals surface area contributed by atoms with Crippen LogP contribution in [0.4, 0.5) is 10.5 Å². The van der Waals surface area contributed by atoms with Gasteiger partial charge in [0.25, 0.3) is 11.8 Å². The molecule has 0 unspecified atom stereocenters. The largest absolute Gasteiger partial charge is 0.497 e.